The number of nitrogens with zero attached hydrogens (tertiary/aromatic N) is 7. The van der Waals surface area contributed by atoms with Gasteiger partial charge in [-0.05, 0) is 19.3 Å². The molecular formula is C24H27F2N9O2. The number of carbonyl (C=O) groups is 2. The van der Waals surface area contributed by atoms with E-state index in [-0.39, 0.29) is 51.8 Å². The number of primary amides is 1. The Hall–Kier alpha value is -3.87. The molecule has 2 atom stereocenters. The highest BCUT2D eigenvalue weighted by Crippen LogP contribution is 2.36. The molecule has 13 heteroatoms. The molecule has 194 valence electrons. The number of rotatable bonds is 4. The van der Waals surface area contributed by atoms with Gasteiger partial charge in [-0.15, -0.1) is 5.10 Å². The average molecular weight is 512 g/mol. The van der Waals surface area contributed by atoms with Gasteiger partial charge in [-0.1, -0.05) is 0 Å². The summed E-state index contributed by atoms with van der Waals surface area (Å²) in [5.74, 6) is -2.41. The molecule has 11 nitrogen and oxygen atoms in total. The SMILES string of the molecule is NC(=O)c1c(N)nn2cc(F)c(-c3cncc(F)c3N3CCC(C(=O)N4CCN5CC[C@@H]4C5)CC3)nc12. The van der Waals surface area contributed by atoms with Crippen molar-refractivity contribution in [1.82, 2.24) is 29.4 Å². The van der Waals surface area contributed by atoms with Gasteiger partial charge in [-0.2, -0.15) is 0 Å². The summed E-state index contributed by atoms with van der Waals surface area (Å²) in [4.78, 5) is 39.6. The van der Waals surface area contributed by atoms with Crippen LogP contribution in [-0.2, 0) is 4.79 Å². The highest BCUT2D eigenvalue weighted by molar-refractivity contribution is 6.03. The summed E-state index contributed by atoms with van der Waals surface area (Å²) in [6, 6.07) is 0.287. The summed E-state index contributed by atoms with van der Waals surface area (Å²) in [5.41, 5.74) is 11.1. The van der Waals surface area contributed by atoms with Crippen molar-refractivity contribution >= 4 is 29.0 Å². The van der Waals surface area contributed by atoms with Crippen molar-refractivity contribution in [2.75, 3.05) is 49.9 Å². The van der Waals surface area contributed by atoms with E-state index >= 15 is 8.78 Å². The number of hydrogen-bond acceptors (Lipinski definition) is 8. The minimum absolute atomic E-state index is 0.0343. The molecule has 0 aliphatic carbocycles. The Labute approximate surface area is 211 Å². The highest BCUT2D eigenvalue weighted by Gasteiger charge is 2.39. The van der Waals surface area contributed by atoms with Crippen LogP contribution in [0, 0.1) is 17.6 Å². The number of hydrogen-bond donors (Lipinski definition) is 2. The fraction of sp³-hybridized carbons (Fsp3) is 0.458. The van der Waals surface area contributed by atoms with E-state index < -0.39 is 17.5 Å². The summed E-state index contributed by atoms with van der Waals surface area (Å²) in [5, 5.41) is 3.89. The van der Waals surface area contributed by atoms with Gasteiger partial charge in [-0.25, -0.2) is 18.3 Å². The third-order valence-corrected chi connectivity index (χ3v) is 7.76. The largest absolute Gasteiger partial charge is 0.381 e. The molecule has 4 N–H and O–H groups in total. The molecule has 3 aromatic heterocycles. The smallest absolute Gasteiger partial charge is 0.256 e. The molecule has 3 aliphatic rings. The van der Waals surface area contributed by atoms with Crippen LogP contribution in [0.4, 0.5) is 20.3 Å². The standard InChI is InChI=1S/C24H27F2N9O2/c25-16-10-29-9-15(19-17(26)12-35-23(30-19)18(22(28)36)21(27)31-35)20(16)33-5-1-13(2-6-33)24(37)34-8-7-32-4-3-14(34)11-32/h9-10,12-14H,1-8,11H2,(H2,27,31)(H2,28,36)/t14-/m1/s1. The lowest BCUT2D eigenvalue weighted by molar-refractivity contribution is -0.139. The van der Waals surface area contributed by atoms with E-state index in [1.807, 2.05) is 4.90 Å². The molecule has 37 heavy (non-hydrogen) atoms. The lowest BCUT2D eigenvalue weighted by atomic mass is 9.93. The first-order valence-electron chi connectivity index (χ1n) is 12.4. The fourth-order valence-electron chi connectivity index (χ4n) is 5.89. The number of piperidine rings is 1. The van der Waals surface area contributed by atoms with Crippen LogP contribution in [0.25, 0.3) is 16.9 Å². The molecular weight excluding hydrogens is 484 g/mol. The van der Waals surface area contributed by atoms with E-state index in [0.29, 0.717) is 25.9 Å². The number of halogens is 2. The number of nitrogen functional groups attached to an aromatic ring is 1. The van der Waals surface area contributed by atoms with Crippen LogP contribution in [0.5, 0.6) is 0 Å². The monoisotopic (exact) mass is 511 g/mol. The average Bonchev–Trinajstić information content (AvgIpc) is 3.41. The van der Waals surface area contributed by atoms with Crippen LogP contribution in [0.1, 0.15) is 29.6 Å². The number of amides is 2. The molecule has 2 amide bonds. The van der Waals surface area contributed by atoms with Crippen LogP contribution in [0.3, 0.4) is 0 Å². The van der Waals surface area contributed by atoms with Crippen LogP contribution >= 0.6 is 0 Å². The number of anilines is 2. The van der Waals surface area contributed by atoms with Gasteiger partial charge < -0.3 is 21.3 Å². The summed E-state index contributed by atoms with van der Waals surface area (Å²) in [7, 11) is 0. The van der Waals surface area contributed by atoms with Gasteiger partial charge >= 0.3 is 0 Å². The molecule has 0 radical (unpaired) electrons. The predicted molar refractivity (Wildman–Crippen MR) is 131 cm³/mol. The van der Waals surface area contributed by atoms with E-state index in [1.54, 1.807) is 4.90 Å². The number of pyridine rings is 1. The second-order valence-electron chi connectivity index (χ2n) is 9.88. The van der Waals surface area contributed by atoms with E-state index in [4.69, 9.17) is 11.5 Å². The Morgan fingerprint density at radius 3 is 2.54 bits per heavy atom. The molecule has 3 fully saturated rings. The minimum atomic E-state index is -0.860. The van der Waals surface area contributed by atoms with Gasteiger partial charge in [0.2, 0.25) is 5.91 Å². The van der Waals surface area contributed by atoms with Gasteiger partial charge in [0.1, 0.15) is 11.3 Å². The van der Waals surface area contributed by atoms with Crippen molar-refractivity contribution in [3.63, 3.8) is 0 Å². The van der Waals surface area contributed by atoms with Crippen LogP contribution in [0.2, 0.25) is 0 Å². The molecule has 0 aromatic carbocycles. The van der Waals surface area contributed by atoms with Crippen molar-refractivity contribution in [3.05, 3.63) is 35.8 Å². The summed E-state index contributed by atoms with van der Waals surface area (Å²) >= 11 is 0. The minimum Gasteiger partial charge on any atom is -0.381 e. The number of carbonyl (C=O) groups excluding carboxylic acids is 2. The summed E-state index contributed by atoms with van der Waals surface area (Å²) < 4.78 is 31.4. The number of piperazine rings is 1. The first-order chi connectivity index (χ1) is 17.8. The first kappa shape index (κ1) is 23.5. The third kappa shape index (κ3) is 3.93. The van der Waals surface area contributed by atoms with Crippen molar-refractivity contribution < 1.29 is 18.4 Å². The molecule has 6 rings (SSSR count). The second-order valence-corrected chi connectivity index (χ2v) is 9.88. The van der Waals surface area contributed by atoms with Gasteiger partial charge in [0.15, 0.2) is 23.1 Å². The molecule has 3 aromatic rings. The molecule has 3 aliphatic heterocycles. The molecule has 1 unspecified atom stereocenters. The lowest BCUT2D eigenvalue weighted by Crippen LogP contribution is -2.52. The zero-order valence-corrected chi connectivity index (χ0v) is 20.1. The van der Waals surface area contributed by atoms with Crippen molar-refractivity contribution in [2.24, 2.45) is 11.7 Å². The van der Waals surface area contributed by atoms with Crippen molar-refractivity contribution in [1.29, 1.82) is 0 Å². The van der Waals surface area contributed by atoms with E-state index in [9.17, 15) is 9.59 Å². The normalized spacial score (nSPS) is 22.1. The zero-order chi connectivity index (χ0) is 25.8. The van der Waals surface area contributed by atoms with Crippen molar-refractivity contribution in [2.45, 2.75) is 25.3 Å². The summed E-state index contributed by atoms with van der Waals surface area (Å²) in [6.07, 6.45) is 5.56. The maximum absolute atomic E-state index is 15.2. The third-order valence-electron chi connectivity index (χ3n) is 7.76. The Bertz CT molecular complexity index is 1400. The Kier molecular flexibility index (Phi) is 5.66. The lowest BCUT2D eigenvalue weighted by Gasteiger charge is -2.39. The predicted octanol–water partition coefficient (Wildman–Crippen LogP) is 0.883. The molecule has 0 spiro atoms. The maximum atomic E-state index is 15.2. The fourth-order valence-corrected chi connectivity index (χ4v) is 5.89. The van der Waals surface area contributed by atoms with Gasteiger partial charge in [-0.3, -0.25) is 19.5 Å². The zero-order valence-electron chi connectivity index (χ0n) is 20.1. The Morgan fingerprint density at radius 2 is 1.78 bits per heavy atom. The van der Waals surface area contributed by atoms with Gasteiger partial charge in [0, 0.05) is 63.0 Å². The first-order valence-corrected chi connectivity index (χ1v) is 12.4. The molecule has 0 saturated carbocycles. The molecule has 6 heterocycles. The van der Waals surface area contributed by atoms with E-state index in [2.05, 4.69) is 20.0 Å². The van der Waals surface area contributed by atoms with E-state index in [0.717, 1.165) is 49.5 Å². The maximum Gasteiger partial charge on any atom is 0.256 e. The Morgan fingerprint density at radius 1 is 1.00 bits per heavy atom. The van der Waals surface area contributed by atoms with Crippen LogP contribution < -0.4 is 16.4 Å². The second kappa shape index (κ2) is 8.91. The van der Waals surface area contributed by atoms with Crippen LogP contribution in [-0.4, -0.2) is 86.5 Å². The van der Waals surface area contributed by atoms with E-state index in [1.165, 1.54) is 6.20 Å². The quantitative estimate of drug-likeness (QED) is 0.527. The number of fused-ring (bicyclic) bond motifs is 3. The molecule has 3 saturated heterocycles. The van der Waals surface area contributed by atoms with Gasteiger partial charge in [0.05, 0.1) is 18.1 Å². The highest BCUT2D eigenvalue weighted by atomic mass is 19.1. The number of nitrogens with two attached hydrogens (primary N) is 2. The topological polar surface area (TPSA) is 139 Å². The summed E-state index contributed by atoms with van der Waals surface area (Å²) in [6.45, 7) is 4.50. The van der Waals surface area contributed by atoms with Gasteiger partial charge in [0.25, 0.3) is 5.91 Å². The van der Waals surface area contributed by atoms with Crippen molar-refractivity contribution in [3.8, 4) is 11.3 Å². The van der Waals surface area contributed by atoms with Crippen LogP contribution in [0.15, 0.2) is 18.6 Å². The number of aromatic nitrogens is 4. The molecule has 2 bridgehead atoms. The Balaban J connectivity index is 1.28.